The number of nitrogens with zero attached hydrogens (tertiary/aromatic N) is 2. The van der Waals surface area contributed by atoms with Crippen molar-refractivity contribution in [3.63, 3.8) is 0 Å². The second-order valence-electron chi connectivity index (χ2n) is 8.17. The highest BCUT2D eigenvalue weighted by Crippen LogP contribution is 2.27. The summed E-state index contributed by atoms with van der Waals surface area (Å²) in [4.78, 5) is 39.7. The van der Waals surface area contributed by atoms with Crippen molar-refractivity contribution in [3.8, 4) is 0 Å². The molecule has 0 bridgehead atoms. The Morgan fingerprint density at radius 3 is 2.36 bits per heavy atom. The fraction of sp³-hybridized carbons (Fsp3) is 0.333. The molecule has 9 nitrogen and oxygen atoms in total. The van der Waals surface area contributed by atoms with E-state index in [0.717, 1.165) is 49.8 Å². The van der Waals surface area contributed by atoms with Crippen LogP contribution >= 0.6 is 0 Å². The first-order chi connectivity index (χ1) is 17.3. The van der Waals surface area contributed by atoms with Crippen LogP contribution in [0, 0.1) is 0 Å². The predicted octanol–water partition coefficient (Wildman–Crippen LogP) is 3.89. The van der Waals surface area contributed by atoms with Gasteiger partial charge in [-0.3, -0.25) is 25.7 Å². The summed E-state index contributed by atoms with van der Waals surface area (Å²) < 4.78 is 0. The van der Waals surface area contributed by atoms with Crippen LogP contribution in [0.3, 0.4) is 0 Å². The summed E-state index contributed by atoms with van der Waals surface area (Å²) in [7, 11) is 1.65. The van der Waals surface area contributed by atoms with Crippen LogP contribution in [0.15, 0.2) is 53.0 Å². The first-order valence-electron chi connectivity index (χ1n) is 11.9. The van der Waals surface area contributed by atoms with Gasteiger partial charge < -0.3 is 16.0 Å². The SMILES string of the molecule is CC1=Cc2ccc(C(=O)Nc3cccc(C=O)c3)cc2N=C(N)C1.CCCN(C=O)CCC.CNN. The number of carbonyl (C=O) groups is 3. The molecule has 2 aromatic rings. The van der Waals surface area contributed by atoms with Crippen molar-refractivity contribution in [1.29, 1.82) is 0 Å². The summed E-state index contributed by atoms with van der Waals surface area (Å²) in [5.41, 5.74) is 12.4. The Balaban J connectivity index is 0.000000454. The Morgan fingerprint density at radius 2 is 1.78 bits per heavy atom. The van der Waals surface area contributed by atoms with Gasteiger partial charge in [-0.1, -0.05) is 43.7 Å². The van der Waals surface area contributed by atoms with E-state index >= 15 is 0 Å². The number of benzene rings is 2. The van der Waals surface area contributed by atoms with Gasteiger partial charge in [-0.05, 0) is 51.1 Å². The topological polar surface area (TPSA) is 143 Å². The van der Waals surface area contributed by atoms with Crippen LogP contribution in [0.2, 0.25) is 0 Å². The average Bonchev–Trinajstić information content (AvgIpc) is 3.00. The van der Waals surface area contributed by atoms with Crippen LogP contribution in [0.5, 0.6) is 0 Å². The first-order valence-corrected chi connectivity index (χ1v) is 11.9. The molecule has 0 unspecified atom stereocenters. The zero-order chi connectivity index (χ0) is 26.9. The number of aliphatic imine (C=N–C) groups is 1. The zero-order valence-electron chi connectivity index (χ0n) is 21.6. The van der Waals surface area contributed by atoms with Gasteiger partial charge in [0.05, 0.1) is 5.69 Å². The third-order valence-corrected chi connectivity index (χ3v) is 4.87. The van der Waals surface area contributed by atoms with Crippen LogP contribution < -0.4 is 22.3 Å². The molecule has 6 N–H and O–H groups in total. The van der Waals surface area contributed by atoms with Crippen molar-refractivity contribution in [1.82, 2.24) is 10.3 Å². The number of hydrogen-bond donors (Lipinski definition) is 4. The number of aldehydes is 1. The Bertz CT molecular complexity index is 1060. The lowest BCUT2D eigenvalue weighted by Gasteiger charge is -2.13. The van der Waals surface area contributed by atoms with Gasteiger partial charge in [-0.25, -0.2) is 4.99 Å². The molecule has 2 amide bonds. The smallest absolute Gasteiger partial charge is 0.255 e. The van der Waals surface area contributed by atoms with E-state index in [-0.39, 0.29) is 5.91 Å². The number of amidine groups is 1. The molecule has 9 heteroatoms. The molecule has 36 heavy (non-hydrogen) atoms. The third kappa shape index (κ3) is 10.6. The molecule has 0 radical (unpaired) electrons. The largest absolute Gasteiger partial charge is 0.387 e. The van der Waals surface area contributed by atoms with E-state index < -0.39 is 0 Å². The Labute approximate surface area is 213 Å². The van der Waals surface area contributed by atoms with E-state index in [1.807, 2.05) is 19.1 Å². The van der Waals surface area contributed by atoms with E-state index in [2.05, 4.69) is 35.4 Å². The van der Waals surface area contributed by atoms with Crippen molar-refractivity contribution in [2.75, 3.05) is 25.5 Å². The minimum Gasteiger partial charge on any atom is -0.387 e. The van der Waals surface area contributed by atoms with Gasteiger partial charge in [0.2, 0.25) is 6.41 Å². The van der Waals surface area contributed by atoms with Crippen molar-refractivity contribution in [2.45, 2.75) is 40.0 Å². The number of fused-ring (bicyclic) bond motifs is 1. The molecule has 1 heterocycles. The number of carbonyl (C=O) groups excluding carboxylic acids is 3. The maximum absolute atomic E-state index is 12.4. The van der Waals surface area contributed by atoms with Crippen molar-refractivity contribution < 1.29 is 14.4 Å². The molecule has 0 spiro atoms. The quantitative estimate of drug-likeness (QED) is 0.249. The van der Waals surface area contributed by atoms with Gasteiger partial charge in [0.15, 0.2) is 0 Å². The van der Waals surface area contributed by atoms with Crippen molar-refractivity contribution in [3.05, 3.63) is 64.7 Å². The molecule has 1 aliphatic heterocycles. The molecule has 3 rings (SSSR count). The molecule has 0 aliphatic carbocycles. The average molecular weight is 495 g/mol. The number of hydrogen-bond acceptors (Lipinski definition) is 7. The number of amides is 2. The van der Waals surface area contributed by atoms with Crippen molar-refractivity contribution in [2.24, 2.45) is 16.6 Å². The van der Waals surface area contributed by atoms with Gasteiger partial charge in [0.1, 0.15) is 12.1 Å². The standard InChI is InChI=1S/C19H17N3O2.C7H15NO.CH6N2/c1-12-7-14-5-6-15(10-17(14)22-18(20)8-12)19(24)21-16-4-2-3-13(9-16)11-23;1-3-5-8(7-9)6-4-2;1-3-2/h2-7,9-11H,8H2,1H3,(H2,20,22)(H,21,24);7H,3-6H2,1-2H3;3H,2H2,1H3. The minimum atomic E-state index is -0.264. The molecular weight excluding hydrogens is 456 g/mol. The number of nitrogens with one attached hydrogen (secondary N) is 2. The minimum absolute atomic E-state index is 0.264. The predicted molar refractivity (Wildman–Crippen MR) is 147 cm³/mol. The van der Waals surface area contributed by atoms with Gasteiger partial charge >= 0.3 is 0 Å². The fourth-order valence-electron chi connectivity index (χ4n) is 3.38. The third-order valence-electron chi connectivity index (χ3n) is 4.87. The van der Waals surface area contributed by atoms with Gasteiger partial charge in [-0.15, -0.1) is 0 Å². The molecule has 0 atom stereocenters. The summed E-state index contributed by atoms with van der Waals surface area (Å²) in [6.07, 6.45) is 6.41. The van der Waals surface area contributed by atoms with E-state index in [4.69, 9.17) is 5.73 Å². The normalized spacial score (nSPS) is 11.6. The van der Waals surface area contributed by atoms with E-state index in [0.29, 0.717) is 34.8 Å². The molecule has 0 saturated carbocycles. The number of nitrogens with two attached hydrogens (primary N) is 2. The van der Waals surface area contributed by atoms with Gasteiger partial charge in [0.25, 0.3) is 5.91 Å². The highest BCUT2D eigenvalue weighted by Gasteiger charge is 2.12. The molecule has 2 aromatic carbocycles. The van der Waals surface area contributed by atoms with E-state index in [1.54, 1.807) is 48.3 Å². The van der Waals surface area contributed by atoms with Crippen LogP contribution in [0.25, 0.3) is 6.08 Å². The van der Waals surface area contributed by atoms with E-state index in [9.17, 15) is 14.4 Å². The lowest BCUT2D eigenvalue weighted by molar-refractivity contribution is -0.118. The Kier molecular flexibility index (Phi) is 14.1. The Hall–Kier alpha value is -3.82. The maximum atomic E-state index is 12.4. The molecule has 194 valence electrons. The first kappa shape index (κ1) is 30.2. The highest BCUT2D eigenvalue weighted by atomic mass is 16.1. The summed E-state index contributed by atoms with van der Waals surface area (Å²) in [6, 6.07) is 12.1. The highest BCUT2D eigenvalue weighted by molar-refractivity contribution is 6.05. The summed E-state index contributed by atoms with van der Waals surface area (Å²) in [5.74, 6) is 4.86. The lowest BCUT2D eigenvalue weighted by Crippen LogP contribution is -2.23. The van der Waals surface area contributed by atoms with Crippen LogP contribution in [-0.2, 0) is 4.79 Å². The van der Waals surface area contributed by atoms with Gasteiger partial charge in [-0.2, -0.15) is 0 Å². The summed E-state index contributed by atoms with van der Waals surface area (Å²) >= 11 is 0. The maximum Gasteiger partial charge on any atom is 0.255 e. The number of hydrazine groups is 1. The number of anilines is 1. The Morgan fingerprint density at radius 1 is 1.11 bits per heavy atom. The lowest BCUT2D eigenvalue weighted by atomic mass is 10.1. The second-order valence-corrected chi connectivity index (χ2v) is 8.17. The van der Waals surface area contributed by atoms with Crippen LogP contribution in [0.4, 0.5) is 11.4 Å². The fourth-order valence-corrected chi connectivity index (χ4v) is 3.38. The van der Waals surface area contributed by atoms with Crippen LogP contribution in [0.1, 0.15) is 66.3 Å². The monoisotopic (exact) mass is 494 g/mol. The molecule has 0 aromatic heterocycles. The molecular formula is C27H38N6O3. The zero-order valence-corrected chi connectivity index (χ0v) is 21.6. The molecule has 1 aliphatic rings. The summed E-state index contributed by atoms with van der Waals surface area (Å²) in [6.45, 7) is 7.95. The summed E-state index contributed by atoms with van der Waals surface area (Å²) in [5, 5.41) is 2.78. The molecule has 0 saturated heterocycles. The van der Waals surface area contributed by atoms with Crippen LogP contribution in [-0.4, -0.2) is 49.5 Å². The van der Waals surface area contributed by atoms with Crippen molar-refractivity contribution >= 4 is 41.9 Å². The molecule has 0 fully saturated rings. The second kappa shape index (κ2) is 16.7. The van der Waals surface area contributed by atoms with Gasteiger partial charge in [0, 0.05) is 41.9 Å². The van der Waals surface area contributed by atoms with E-state index in [1.165, 1.54) is 0 Å². The number of rotatable bonds is 8.